The lowest BCUT2D eigenvalue weighted by Gasteiger charge is -2.10. The quantitative estimate of drug-likeness (QED) is 0.357. The van der Waals surface area contributed by atoms with Gasteiger partial charge in [0.1, 0.15) is 5.75 Å². The minimum absolute atomic E-state index is 0.0369. The molecule has 8 heteroatoms. The summed E-state index contributed by atoms with van der Waals surface area (Å²) >= 11 is 7.29. The largest absolute Gasteiger partial charge is 0.484 e. The first-order valence-electron chi connectivity index (χ1n) is 9.11. The molecule has 0 heterocycles. The van der Waals surface area contributed by atoms with Gasteiger partial charge >= 0.3 is 0 Å². The van der Waals surface area contributed by atoms with Gasteiger partial charge in [-0.1, -0.05) is 11.6 Å². The zero-order valence-corrected chi connectivity index (χ0v) is 18.1. The summed E-state index contributed by atoms with van der Waals surface area (Å²) in [6.07, 6.45) is 1.55. The van der Waals surface area contributed by atoms with Crippen LogP contribution in [0.3, 0.4) is 0 Å². The smallest absolute Gasteiger partial charge is 0.258 e. The van der Waals surface area contributed by atoms with Crippen molar-refractivity contribution in [2.75, 3.05) is 6.61 Å². The van der Waals surface area contributed by atoms with Crippen LogP contribution in [0.2, 0.25) is 5.02 Å². The molecule has 6 nitrogen and oxygen atoms in total. The summed E-state index contributed by atoms with van der Waals surface area (Å²) in [5, 5.41) is 7.10. The highest BCUT2D eigenvalue weighted by molar-refractivity contribution is 8.00. The number of nitrogens with zero attached hydrogens (tertiary/aromatic N) is 1. The van der Waals surface area contributed by atoms with Gasteiger partial charge in [0.25, 0.3) is 11.8 Å². The SMILES string of the molecule is CC(C)NC(=O)COc1ccc(/C=N\NC(=O)[C@H](C)Sc2ccc(Cl)cc2)cc1. The number of hydrazone groups is 1. The molecule has 2 N–H and O–H groups in total. The van der Waals surface area contributed by atoms with E-state index in [1.165, 1.54) is 11.8 Å². The van der Waals surface area contributed by atoms with Crippen LogP contribution in [0.15, 0.2) is 58.5 Å². The first kappa shape index (κ1) is 22.8. The second-order valence-corrected chi connectivity index (χ2v) is 8.38. The van der Waals surface area contributed by atoms with Gasteiger partial charge in [-0.2, -0.15) is 5.10 Å². The van der Waals surface area contributed by atoms with Crippen LogP contribution >= 0.6 is 23.4 Å². The second kappa shape index (κ2) is 11.5. The lowest BCUT2D eigenvalue weighted by molar-refractivity contribution is -0.123. The molecule has 2 rings (SSSR count). The van der Waals surface area contributed by atoms with Gasteiger partial charge in [0.05, 0.1) is 11.5 Å². The van der Waals surface area contributed by atoms with Crippen LogP contribution in [0.5, 0.6) is 5.75 Å². The average molecular weight is 434 g/mol. The number of benzene rings is 2. The van der Waals surface area contributed by atoms with Gasteiger partial charge in [0.15, 0.2) is 6.61 Å². The van der Waals surface area contributed by atoms with Gasteiger partial charge in [-0.3, -0.25) is 9.59 Å². The van der Waals surface area contributed by atoms with Gasteiger partial charge < -0.3 is 10.1 Å². The fourth-order valence-electron chi connectivity index (χ4n) is 2.19. The van der Waals surface area contributed by atoms with Crippen molar-refractivity contribution in [3.8, 4) is 5.75 Å². The zero-order chi connectivity index (χ0) is 21.2. The van der Waals surface area contributed by atoms with Crippen molar-refractivity contribution >= 4 is 41.4 Å². The number of nitrogens with one attached hydrogen (secondary N) is 2. The fraction of sp³-hybridized carbons (Fsp3) is 0.286. The Bertz CT molecular complexity index is 839. The summed E-state index contributed by atoms with van der Waals surface area (Å²) in [5.74, 6) is 0.217. The summed E-state index contributed by atoms with van der Waals surface area (Å²) < 4.78 is 5.42. The maximum Gasteiger partial charge on any atom is 0.258 e. The Balaban J connectivity index is 1.78. The lowest BCUT2D eigenvalue weighted by Crippen LogP contribution is -2.34. The van der Waals surface area contributed by atoms with Crippen LogP contribution in [0.4, 0.5) is 0 Å². The number of hydrogen-bond donors (Lipinski definition) is 2. The Morgan fingerprint density at radius 3 is 2.38 bits per heavy atom. The van der Waals surface area contributed by atoms with E-state index in [0.29, 0.717) is 10.8 Å². The van der Waals surface area contributed by atoms with Gasteiger partial charge in [-0.25, -0.2) is 5.43 Å². The van der Waals surface area contributed by atoms with Crippen molar-refractivity contribution in [2.45, 2.75) is 37.0 Å². The molecule has 0 saturated heterocycles. The van der Waals surface area contributed by atoms with Gasteiger partial charge in [-0.15, -0.1) is 11.8 Å². The molecule has 0 aromatic heterocycles. The summed E-state index contributed by atoms with van der Waals surface area (Å²) in [7, 11) is 0. The third-order valence-corrected chi connectivity index (χ3v) is 4.95. The minimum atomic E-state index is -0.305. The number of rotatable bonds is 9. The van der Waals surface area contributed by atoms with E-state index in [1.807, 2.05) is 32.9 Å². The molecule has 2 aromatic rings. The van der Waals surface area contributed by atoms with Crippen LogP contribution in [0.25, 0.3) is 0 Å². The second-order valence-electron chi connectivity index (χ2n) is 6.53. The molecule has 154 valence electrons. The van der Waals surface area contributed by atoms with Crippen molar-refractivity contribution in [2.24, 2.45) is 5.10 Å². The average Bonchev–Trinajstić information content (AvgIpc) is 2.68. The molecule has 0 aliphatic heterocycles. The number of ether oxygens (including phenoxy) is 1. The lowest BCUT2D eigenvalue weighted by atomic mass is 10.2. The fourth-order valence-corrected chi connectivity index (χ4v) is 3.18. The molecule has 2 aromatic carbocycles. The van der Waals surface area contributed by atoms with Gasteiger partial charge in [-0.05, 0) is 74.9 Å². The Morgan fingerprint density at radius 1 is 1.10 bits per heavy atom. The van der Waals surface area contributed by atoms with Crippen molar-refractivity contribution in [1.29, 1.82) is 0 Å². The molecule has 1 atom stereocenters. The number of amides is 2. The molecule has 0 saturated carbocycles. The molecule has 0 aliphatic carbocycles. The minimum Gasteiger partial charge on any atom is -0.484 e. The van der Waals surface area contributed by atoms with Crippen molar-refractivity contribution in [3.05, 3.63) is 59.1 Å². The summed E-state index contributed by atoms with van der Waals surface area (Å²) in [6.45, 7) is 5.56. The van der Waals surface area contributed by atoms with Crippen LogP contribution in [0, 0.1) is 0 Å². The highest BCUT2D eigenvalue weighted by Crippen LogP contribution is 2.24. The van der Waals surface area contributed by atoms with Crippen molar-refractivity contribution in [3.63, 3.8) is 0 Å². The van der Waals surface area contributed by atoms with E-state index in [-0.39, 0.29) is 29.7 Å². The first-order valence-corrected chi connectivity index (χ1v) is 10.4. The van der Waals surface area contributed by atoms with E-state index in [4.69, 9.17) is 16.3 Å². The molecule has 0 unspecified atom stereocenters. The molecule has 0 bridgehead atoms. The topological polar surface area (TPSA) is 79.8 Å². The first-order chi connectivity index (χ1) is 13.8. The molecule has 0 radical (unpaired) electrons. The molecule has 0 aliphatic rings. The third kappa shape index (κ3) is 8.58. The van der Waals surface area contributed by atoms with Gasteiger partial charge in [0, 0.05) is 16.0 Å². The van der Waals surface area contributed by atoms with Gasteiger partial charge in [0.2, 0.25) is 0 Å². The normalized spacial score (nSPS) is 12.0. The van der Waals surface area contributed by atoms with E-state index < -0.39 is 0 Å². The van der Waals surface area contributed by atoms with E-state index in [9.17, 15) is 9.59 Å². The number of halogens is 1. The summed E-state index contributed by atoms with van der Waals surface area (Å²) in [5.41, 5.74) is 3.33. The van der Waals surface area contributed by atoms with E-state index >= 15 is 0 Å². The Labute approximate surface area is 180 Å². The molecular weight excluding hydrogens is 410 g/mol. The monoisotopic (exact) mass is 433 g/mol. The maximum absolute atomic E-state index is 12.2. The maximum atomic E-state index is 12.2. The molecular formula is C21H24ClN3O3S. The molecule has 2 amide bonds. The predicted molar refractivity (Wildman–Crippen MR) is 118 cm³/mol. The van der Waals surface area contributed by atoms with E-state index in [1.54, 1.807) is 42.6 Å². The Morgan fingerprint density at radius 2 is 1.76 bits per heavy atom. The van der Waals surface area contributed by atoms with E-state index in [0.717, 1.165) is 10.5 Å². The summed E-state index contributed by atoms with van der Waals surface area (Å²) in [6, 6.07) is 14.5. The molecule has 0 spiro atoms. The number of thioether (sulfide) groups is 1. The zero-order valence-electron chi connectivity index (χ0n) is 16.5. The number of carbonyl (C=O) groups is 2. The highest BCUT2D eigenvalue weighted by atomic mass is 35.5. The Hall–Kier alpha value is -2.51. The van der Waals surface area contributed by atoms with Crippen LogP contribution in [-0.2, 0) is 9.59 Å². The molecule has 29 heavy (non-hydrogen) atoms. The van der Waals surface area contributed by atoms with Crippen molar-refractivity contribution < 1.29 is 14.3 Å². The summed E-state index contributed by atoms with van der Waals surface area (Å²) in [4.78, 5) is 24.7. The van der Waals surface area contributed by atoms with E-state index in [2.05, 4.69) is 15.8 Å². The van der Waals surface area contributed by atoms with Crippen LogP contribution in [-0.4, -0.2) is 35.9 Å². The predicted octanol–water partition coefficient (Wildman–Crippen LogP) is 3.87. The molecule has 0 fully saturated rings. The number of hydrogen-bond acceptors (Lipinski definition) is 5. The Kier molecular flexibility index (Phi) is 9.02. The standard InChI is InChI=1S/C21H24ClN3O3S/c1-14(2)24-20(26)13-28-18-8-4-16(5-9-18)12-23-25-21(27)15(3)29-19-10-6-17(22)7-11-19/h4-12,14-15H,13H2,1-3H3,(H,24,26)(H,25,27)/b23-12-/t15-/m0/s1. The number of carbonyl (C=O) groups excluding carboxylic acids is 2. The van der Waals surface area contributed by atoms with Crippen LogP contribution in [0.1, 0.15) is 26.3 Å². The van der Waals surface area contributed by atoms with Crippen molar-refractivity contribution in [1.82, 2.24) is 10.7 Å². The highest BCUT2D eigenvalue weighted by Gasteiger charge is 2.13. The third-order valence-electron chi connectivity index (χ3n) is 3.58. The van der Waals surface area contributed by atoms with Crippen LogP contribution < -0.4 is 15.5 Å².